The number of carbonyl (C=O) groups is 2. The minimum Gasteiger partial charge on any atom is -0.493 e. The molecule has 4 rings (SSSR count). The van der Waals surface area contributed by atoms with Crippen molar-refractivity contribution in [2.75, 3.05) is 27.1 Å². The normalized spacial score (nSPS) is 13.7. The fourth-order valence-electron chi connectivity index (χ4n) is 2.70. The third-order valence-corrected chi connectivity index (χ3v) is 4.01. The van der Waals surface area contributed by atoms with Gasteiger partial charge in [-0.25, -0.2) is 0 Å². The first-order valence-corrected chi connectivity index (χ1v) is 8.13. The molecule has 2 N–H and O–H groups in total. The largest absolute Gasteiger partial charge is 0.493 e. The van der Waals surface area contributed by atoms with Crippen molar-refractivity contribution >= 4 is 11.8 Å². The molecule has 0 aliphatic carbocycles. The number of hydrogen-bond donors (Lipinski definition) is 2. The highest BCUT2D eigenvalue weighted by Crippen LogP contribution is 2.40. The van der Waals surface area contributed by atoms with E-state index in [0.29, 0.717) is 47.5 Å². The summed E-state index contributed by atoms with van der Waals surface area (Å²) in [5.74, 6) is 1.26. The molecule has 0 radical (unpaired) electrons. The summed E-state index contributed by atoms with van der Waals surface area (Å²) < 4.78 is 26.7. The van der Waals surface area contributed by atoms with E-state index in [-0.39, 0.29) is 12.4 Å². The smallest absolute Gasteiger partial charge is 0.269 e. The van der Waals surface area contributed by atoms with Crippen LogP contribution in [0.25, 0.3) is 0 Å². The lowest BCUT2D eigenvalue weighted by Gasteiger charge is -2.21. The quantitative estimate of drug-likeness (QED) is 0.782. The van der Waals surface area contributed by atoms with E-state index < -0.39 is 11.8 Å². The summed E-state index contributed by atoms with van der Waals surface area (Å²) in [6.45, 7) is 0.895. The van der Waals surface area contributed by atoms with Crippen LogP contribution in [0.1, 0.15) is 20.7 Å². The van der Waals surface area contributed by atoms with Gasteiger partial charge in [-0.15, -0.1) is 0 Å². The van der Waals surface area contributed by atoms with Gasteiger partial charge in [-0.2, -0.15) is 0 Å². The molecular formula is C18H16N2O7. The first-order chi connectivity index (χ1) is 13.2. The number of fused-ring (bicyclic) bond motifs is 2. The molecule has 2 aliphatic rings. The second-order valence-corrected chi connectivity index (χ2v) is 5.68. The molecule has 0 aromatic heterocycles. The fourth-order valence-corrected chi connectivity index (χ4v) is 2.70. The highest BCUT2D eigenvalue weighted by molar-refractivity contribution is 6.00. The zero-order valence-electron chi connectivity index (χ0n) is 14.4. The van der Waals surface area contributed by atoms with Gasteiger partial charge in [-0.3, -0.25) is 20.4 Å². The molecule has 2 amide bonds. The van der Waals surface area contributed by atoms with Gasteiger partial charge in [0.1, 0.15) is 13.2 Å². The van der Waals surface area contributed by atoms with Crippen LogP contribution in [-0.2, 0) is 0 Å². The molecule has 0 fully saturated rings. The van der Waals surface area contributed by atoms with Crippen LogP contribution in [0.3, 0.4) is 0 Å². The molecule has 0 atom stereocenters. The maximum atomic E-state index is 12.4. The van der Waals surface area contributed by atoms with Crippen molar-refractivity contribution in [3.8, 4) is 28.7 Å². The number of rotatable bonds is 3. The van der Waals surface area contributed by atoms with Crippen molar-refractivity contribution < 1.29 is 33.3 Å². The number of methoxy groups -OCH3 is 1. The first-order valence-electron chi connectivity index (χ1n) is 8.13. The Kier molecular flexibility index (Phi) is 4.33. The Morgan fingerprint density at radius 3 is 2.37 bits per heavy atom. The SMILES string of the molecule is COc1cc(C(=O)NNC(=O)c2ccc3c(c2)OCO3)cc2c1OCCO2. The van der Waals surface area contributed by atoms with Crippen molar-refractivity contribution in [1.82, 2.24) is 10.9 Å². The topological polar surface area (TPSA) is 104 Å². The summed E-state index contributed by atoms with van der Waals surface area (Å²) in [6, 6.07) is 7.78. The van der Waals surface area contributed by atoms with E-state index in [4.69, 9.17) is 23.7 Å². The second-order valence-electron chi connectivity index (χ2n) is 5.68. The van der Waals surface area contributed by atoms with E-state index in [0.717, 1.165) is 0 Å². The third-order valence-electron chi connectivity index (χ3n) is 4.01. The van der Waals surface area contributed by atoms with Crippen LogP contribution in [0.5, 0.6) is 28.7 Å². The lowest BCUT2D eigenvalue weighted by Crippen LogP contribution is -2.41. The number of nitrogens with one attached hydrogen (secondary N) is 2. The number of carbonyl (C=O) groups excluding carboxylic acids is 2. The van der Waals surface area contributed by atoms with Crippen LogP contribution in [0.2, 0.25) is 0 Å². The highest BCUT2D eigenvalue weighted by atomic mass is 16.7. The molecule has 0 saturated carbocycles. The lowest BCUT2D eigenvalue weighted by atomic mass is 10.1. The van der Waals surface area contributed by atoms with Gasteiger partial charge in [0, 0.05) is 11.1 Å². The zero-order valence-corrected chi connectivity index (χ0v) is 14.4. The van der Waals surface area contributed by atoms with Gasteiger partial charge in [0.2, 0.25) is 12.5 Å². The molecule has 2 aromatic rings. The summed E-state index contributed by atoms with van der Waals surface area (Å²) in [6.07, 6.45) is 0. The molecule has 0 saturated heterocycles. The standard InChI is InChI=1S/C18H16N2O7/c1-23-14-7-11(8-15-16(14)25-5-4-24-15)18(22)20-19-17(21)10-2-3-12-13(6-10)27-9-26-12/h2-3,6-8H,4-5,9H2,1H3,(H,19,21)(H,20,22). The van der Waals surface area contributed by atoms with Crippen molar-refractivity contribution in [3.05, 3.63) is 41.5 Å². The molecule has 2 aliphatic heterocycles. The van der Waals surface area contributed by atoms with Crippen LogP contribution in [0, 0.1) is 0 Å². The summed E-state index contributed by atoms with van der Waals surface area (Å²) >= 11 is 0. The van der Waals surface area contributed by atoms with Crippen LogP contribution >= 0.6 is 0 Å². The molecule has 2 heterocycles. The molecule has 9 nitrogen and oxygen atoms in total. The van der Waals surface area contributed by atoms with Crippen LogP contribution < -0.4 is 34.5 Å². The van der Waals surface area contributed by atoms with Gasteiger partial charge in [-0.1, -0.05) is 0 Å². The molecule has 9 heteroatoms. The maximum Gasteiger partial charge on any atom is 0.269 e. The van der Waals surface area contributed by atoms with Crippen molar-refractivity contribution in [2.24, 2.45) is 0 Å². The number of amides is 2. The van der Waals surface area contributed by atoms with Crippen LogP contribution in [0.4, 0.5) is 0 Å². The van der Waals surface area contributed by atoms with Gasteiger partial charge < -0.3 is 23.7 Å². The fraction of sp³-hybridized carbons (Fsp3) is 0.222. The van der Waals surface area contributed by atoms with E-state index in [2.05, 4.69) is 10.9 Å². The first kappa shape index (κ1) is 16.8. The molecule has 27 heavy (non-hydrogen) atoms. The van der Waals surface area contributed by atoms with Gasteiger partial charge in [0.25, 0.3) is 11.8 Å². The summed E-state index contributed by atoms with van der Waals surface area (Å²) in [5.41, 5.74) is 5.29. The third kappa shape index (κ3) is 3.26. The number of hydrazine groups is 1. The lowest BCUT2D eigenvalue weighted by molar-refractivity contribution is 0.0845. The Morgan fingerprint density at radius 1 is 0.852 bits per heavy atom. The van der Waals surface area contributed by atoms with E-state index in [1.165, 1.54) is 25.3 Å². The van der Waals surface area contributed by atoms with Gasteiger partial charge in [0.15, 0.2) is 23.0 Å². The van der Waals surface area contributed by atoms with E-state index in [1.54, 1.807) is 12.1 Å². The van der Waals surface area contributed by atoms with E-state index in [9.17, 15) is 9.59 Å². The summed E-state index contributed by atoms with van der Waals surface area (Å²) in [4.78, 5) is 24.6. The zero-order chi connectivity index (χ0) is 18.8. The van der Waals surface area contributed by atoms with Crippen molar-refractivity contribution in [2.45, 2.75) is 0 Å². The van der Waals surface area contributed by atoms with Gasteiger partial charge in [0.05, 0.1) is 7.11 Å². The van der Waals surface area contributed by atoms with Gasteiger partial charge in [-0.05, 0) is 30.3 Å². The number of hydrogen-bond acceptors (Lipinski definition) is 7. The molecule has 2 aromatic carbocycles. The predicted octanol–water partition coefficient (Wildman–Crippen LogP) is 1.27. The van der Waals surface area contributed by atoms with E-state index in [1.807, 2.05) is 0 Å². The average Bonchev–Trinajstić information content (AvgIpc) is 3.18. The molecule has 0 unspecified atom stereocenters. The minimum atomic E-state index is -0.528. The molecule has 0 spiro atoms. The Bertz CT molecular complexity index is 896. The Hall–Kier alpha value is -3.62. The Labute approximate surface area is 154 Å². The Morgan fingerprint density at radius 2 is 1.56 bits per heavy atom. The minimum absolute atomic E-state index is 0.114. The summed E-state index contributed by atoms with van der Waals surface area (Å²) in [7, 11) is 1.47. The average molecular weight is 372 g/mol. The van der Waals surface area contributed by atoms with Crippen molar-refractivity contribution in [3.63, 3.8) is 0 Å². The maximum absolute atomic E-state index is 12.4. The van der Waals surface area contributed by atoms with Crippen LogP contribution in [-0.4, -0.2) is 38.9 Å². The monoisotopic (exact) mass is 372 g/mol. The molecular weight excluding hydrogens is 356 g/mol. The molecule has 0 bridgehead atoms. The second kappa shape index (κ2) is 6.94. The van der Waals surface area contributed by atoms with Gasteiger partial charge >= 0.3 is 0 Å². The highest BCUT2D eigenvalue weighted by Gasteiger charge is 2.21. The van der Waals surface area contributed by atoms with E-state index >= 15 is 0 Å². The van der Waals surface area contributed by atoms with Crippen molar-refractivity contribution in [1.29, 1.82) is 0 Å². The number of ether oxygens (including phenoxy) is 5. The molecule has 140 valence electrons. The number of benzene rings is 2. The predicted molar refractivity (Wildman–Crippen MR) is 91.5 cm³/mol. The summed E-state index contributed by atoms with van der Waals surface area (Å²) in [5, 5.41) is 0. The Balaban J connectivity index is 1.45. The van der Waals surface area contributed by atoms with Crippen LogP contribution in [0.15, 0.2) is 30.3 Å².